The van der Waals surface area contributed by atoms with Crippen LogP contribution in [0.15, 0.2) is 60.8 Å². The number of rotatable bonds is 49. The zero-order valence-corrected chi connectivity index (χ0v) is 42.3. The van der Waals surface area contributed by atoms with Gasteiger partial charge in [0.25, 0.3) is 0 Å². The van der Waals surface area contributed by atoms with Gasteiger partial charge in [-0.05, 0) is 109 Å². The lowest BCUT2D eigenvalue weighted by atomic mass is 10.1. The summed E-state index contributed by atoms with van der Waals surface area (Å²) in [6.45, 7) is 6.57. The van der Waals surface area contributed by atoms with Crippen molar-refractivity contribution >= 4 is 17.9 Å². The maximum Gasteiger partial charge on any atom is 0.306 e. The van der Waals surface area contributed by atoms with E-state index in [9.17, 15) is 14.4 Å². The summed E-state index contributed by atoms with van der Waals surface area (Å²) in [4.78, 5) is 38.0. The first kappa shape index (κ1) is 61.1. The summed E-state index contributed by atoms with van der Waals surface area (Å²) in [5.74, 6) is -0.921. The Morgan fingerprint density at radius 1 is 0.312 bits per heavy atom. The highest BCUT2D eigenvalue weighted by Crippen LogP contribution is 2.14. The lowest BCUT2D eigenvalue weighted by Gasteiger charge is -2.18. The normalized spacial score (nSPS) is 12.5. The molecule has 0 saturated carbocycles. The van der Waals surface area contributed by atoms with Crippen LogP contribution in [0.2, 0.25) is 0 Å². The van der Waals surface area contributed by atoms with E-state index >= 15 is 0 Å². The first-order valence-corrected chi connectivity index (χ1v) is 27.3. The second-order valence-corrected chi connectivity index (χ2v) is 18.1. The predicted octanol–water partition coefficient (Wildman–Crippen LogP) is 18.0. The molecule has 0 heterocycles. The average molecular weight is 895 g/mol. The third-order valence-electron chi connectivity index (χ3n) is 11.7. The topological polar surface area (TPSA) is 78.9 Å². The maximum absolute atomic E-state index is 12.8. The summed E-state index contributed by atoms with van der Waals surface area (Å²) in [6.07, 6.45) is 64.8. The van der Waals surface area contributed by atoms with Crippen molar-refractivity contribution in [1.29, 1.82) is 0 Å². The van der Waals surface area contributed by atoms with Gasteiger partial charge in [0, 0.05) is 19.3 Å². The lowest BCUT2D eigenvalue weighted by molar-refractivity contribution is -0.167. The molecule has 0 aliphatic carbocycles. The Balaban J connectivity index is 4.43. The van der Waals surface area contributed by atoms with E-state index in [0.717, 1.165) is 103 Å². The molecule has 0 amide bonds. The molecule has 1 atom stereocenters. The zero-order valence-electron chi connectivity index (χ0n) is 42.3. The number of unbranched alkanes of at least 4 members (excludes halogenated alkanes) is 28. The molecular weight excluding hydrogens is 793 g/mol. The molecule has 0 saturated heterocycles. The number of esters is 3. The Bertz CT molecular complexity index is 1170. The molecule has 0 rings (SSSR count). The fraction of sp³-hybridized carbons (Fsp3) is 0.776. The molecule has 0 aliphatic rings. The minimum Gasteiger partial charge on any atom is -0.462 e. The lowest BCUT2D eigenvalue weighted by Crippen LogP contribution is -2.30. The van der Waals surface area contributed by atoms with Gasteiger partial charge in [0.05, 0.1) is 0 Å². The number of hydrogen-bond donors (Lipinski definition) is 0. The fourth-order valence-electron chi connectivity index (χ4n) is 7.56. The standard InChI is InChI=1S/C58H102O6/c1-4-7-10-13-16-19-22-25-27-29-31-33-36-39-42-45-48-51-57(60)63-54-55(53-62-56(59)50-47-44-41-38-35-32-24-21-18-15-12-9-6-3)64-58(61)52-49-46-43-40-37-34-30-28-26-23-20-17-14-11-8-5-2/h16,19,21,24-25,27-28,30-31,33,55H,4-15,17-18,20,22-23,26,29,32,34-54H2,1-3H3/b19-16-,24-21-,27-25-,30-28-,33-31-/t55-/m1/s1. The fourth-order valence-corrected chi connectivity index (χ4v) is 7.56. The predicted molar refractivity (Wildman–Crippen MR) is 275 cm³/mol. The van der Waals surface area contributed by atoms with E-state index in [2.05, 4.69) is 81.5 Å². The smallest absolute Gasteiger partial charge is 0.306 e. The van der Waals surface area contributed by atoms with E-state index in [-0.39, 0.29) is 31.1 Å². The highest BCUT2D eigenvalue weighted by Gasteiger charge is 2.19. The van der Waals surface area contributed by atoms with Crippen molar-refractivity contribution in [3.63, 3.8) is 0 Å². The molecular formula is C58H102O6. The van der Waals surface area contributed by atoms with Crippen molar-refractivity contribution in [3.8, 4) is 0 Å². The Kier molecular flexibility index (Phi) is 50.4. The molecule has 0 aromatic carbocycles. The SMILES string of the molecule is CCCCC/C=C\C/C=C\C/C=C\CCCCCCC(=O)OC[C@@H](COC(=O)CCCCCCC/C=C\CCCCCC)OC(=O)CCCCCCC/C=C\CCCCCCCCC. The molecule has 0 aromatic rings. The molecule has 6 nitrogen and oxygen atoms in total. The molecule has 0 radical (unpaired) electrons. The van der Waals surface area contributed by atoms with Gasteiger partial charge in [-0.2, -0.15) is 0 Å². The number of ether oxygens (including phenoxy) is 3. The van der Waals surface area contributed by atoms with Crippen LogP contribution in [0.4, 0.5) is 0 Å². The molecule has 0 aromatic heterocycles. The monoisotopic (exact) mass is 895 g/mol. The number of hydrogen-bond acceptors (Lipinski definition) is 6. The first-order valence-electron chi connectivity index (χ1n) is 27.3. The zero-order chi connectivity index (χ0) is 46.5. The van der Waals surface area contributed by atoms with Crippen LogP contribution in [-0.4, -0.2) is 37.2 Å². The van der Waals surface area contributed by atoms with Crippen molar-refractivity contribution in [2.45, 2.75) is 277 Å². The minimum atomic E-state index is -0.790. The summed E-state index contributed by atoms with van der Waals surface area (Å²) in [6, 6.07) is 0. The summed E-state index contributed by atoms with van der Waals surface area (Å²) in [7, 11) is 0. The summed E-state index contributed by atoms with van der Waals surface area (Å²) in [5.41, 5.74) is 0. The summed E-state index contributed by atoms with van der Waals surface area (Å²) >= 11 is 0. The van der Waals surface area contributed by atoms with Gasteiger partial charge in [-0.25, -0.2) is 0 Å². The summed E-state index contributed by atoms with van der Waals surface area (Å²) in [5, 5.41) is 0. The van der Waals surface area contributed by atoms with Crippen molar-refractivity contribution in [2.75, 3.05) is 13.2 Å². The van der Waals surface area contributed by atoms with Crippen molar-refractivity contribution in [2.24, 2.45) is 0 Å². The molecule has 370 valence electrons. The highest BCUT2D eigenvalue weighted by atomic mass is 16.6. The van der Waals surface area contributed by atoms with Gasteiger partial charge in [0.2, 0.25) is 0 Å². The van der Waals surface area contributed by atoms with Crippen LogP contribution >= 0.6 is 0 Å². The minimum absolute atomic E-state index is 0.0887. The van der Waals surface area contributed by atoms with Crippen LogP contribution in [0.3, 0.4) is 0 Å². The molecule has 0 fully saturated rings. The Hall–Kier alpha value is -2.89. The van der Waals surface area contributed by atoms with E-state index in [1.165, 1.54) is 128 Å². The maximum atomic E-state index is 12.8. The van der Waals surface area contributed by atoms with Crippen molar-refractivity contribution in [3.05, 3.63) is 60.8 Å². The molecule has 0 N–H and O–H groups in total. The number of carbonyl (C=O) groups is 3. The van der Waals surface area contributed by atoms with Crippen molar-refractivity contribution in [1.82, 2.24) is 0 Å². The third kappa shape index (κ3) is 50.1. The van der Waals surface area contributed by atoms with Crippen LogP contribution in [-0.2, 0) is 28.6 Å². The Labute approximate surface area is 396 Å². The van der Waals surface area contributed by atoms with Gasteiger partial charge in [-0.3, -0.25) is 14.4 Å². The van der Waals surface area contributed by atoms with Gasteiger partial charge in [-0.1, -0.05) is 204 Å². The first-order chi connectivity index (χ1) is 31.5. The van der Waals surface area contributed by atoms with E-state index < -0.39 is 6.10 Å². The molecule has 6 heteroatoms. The van der Waals surface area contributed by atoms with Gasteiger partial charge in [0.15, 0.2) is 6.10 Å². The van der Waals surface area contributed by atoms with Gasteiger partial charge < -0.3 is 14.2 Å². The van der Waals surface area contributed by atoms with Crippen LogP contribution in [0, 0.1) is 0 Å². The quantitative estimate of drug-likeness (QED) is 0.0262. The van der Waals surface area contributed by atoms with E-state index in [0.29, 0.717) is 19.3 Å². The van der Waals surface area contributed by atoms with Crippen LogP contribution in [0.5, 0.6) is 0 Å². The largest absolute Gasteiger partial charge is 0.462 e. The number of carbonyl (C=O) groups excluding carboxylic acids is 3. The Morgan fingerprint density at radius 2 is 0.562 bits per heavy atom. The van der Waals surface area contributed by atoms with E-state index in [4.69, 9.17) is 14.2 Å². The summed E-state index contributed by atoms with van der Waals surface area (Å²) < 4.78 is 16.8. The molecule has 0 unspecified atom stereocenters. The Morgan fingerprint density at radius 3 is 0.938 bits per heavy atom. The average Bonchev–Trinajstić information content (AvgIpc) is 3.29. The van der Waals surface area contributed by atoms with E-state index in [1.807, 2.05) is 0 Å². The van der Waals surface area contributed by atoms with Crippen LogP contribution in [0.25, 0.3) is 0 Å². The molecule has 0 bridgehead atoms. The second-order valence-electron chi connectivity index (χ2n) is 18.1. The molecule has 64 heavy (non-hydrogen) atoms. The van der Waals surface area contributed by atoms with Gasteiger partial charge >= 0.3 is 17.9 Å². The van der Waals surface area contributed by atoms with Gasteiger partial charge in [0.1, 0.15) is 13.2 Å². The second kappa shape index (κ2) is 52.7. The van der Waals surface area contributed by atoms with Crippen LogP contribution < -0.4 is 0 Å². The van der Waals surface area contributed by atoms with Gasteiger partial charge in [-0.15, -0.1) is 0 Å². The number of allylic oxidation sites excluding steroid dienone is 10. The molecule has 0 spiro atoms. The van der Waals surface area contributed by atoms with Crippen LogP contribution in [0.1, 0.15) is 271 Å². The van der Waals surface area contributed by atoms with Crippen molar-refractivity contribution < 1.29 is 28.6 Å². The highest BCUT2D eigenvalue weighted by molar-refractivity contribution is 5.71. The van der Waals surface area contributed by atoms with E-state index in [1.54, 1.807) is 0 Å². The molecule has 0 aliphatic heterocycles. The third-order valence-corrected chi connectivity index (χ3v) is 11.7.